The number of hydrogen-bond acceptors (Lipinski definition) is 5. The second-order valence-corrected chi connectivity index (χ2v) is 8.12. The molecule has 2 aromatic heterocycles. The molecule has 0 spiro atoms. The van der Waals surface area contributed by atoms with E-state index in [1.165, 1.54) is 28.8 Å². The van der Waals surface area contributed by atoms with Crippen molar-refractivity contribution in [2.75, 3.05) is 24.5 Å². The number of benzene rings is 1. The topological polar surface area (TPSA) is 67.2 Å². The lowest BCUT2D eigenvalue weighted by Crippen LogP contribution is -2.66. The van der Waals surface area contributed by atoms with E-state index in [0.717, 1.165) is 24.5 Å². The second-order valence-electron chi connectivity index (χ2n) is 8.12. The van der Waals surface area contributed by atoms with Crippen LogP contribution in [0.15, 0.2) is 42.7 Å². The van der Waals surface area contributed by atoms with Gasteiger partial charge in [0.05, 0.1) is 18.4 Å². The molecule has 2 atom stereocenters. The summed E-state index contributed by atoms with van der Waals surface area (Å²) < 4.78 is 14.7. The van der Waals surface area contributed by atoms with Crippen LogP contribution in [0.25, 0.3) is 5.69 Å². The average molecular weight is 406 g/mol. The van der Waals surface area contributed by atoms with Gasteiger partial charge in [-0.15, -0.1) is 0 Å². The molecule has 0 radical (unpaired) electrons. The first-order valence-electron chi connectivity index (χ1n) is 10.2. The summed E-state index contributed by atoms with van der Waals surface area (Å²) in [5.74, 6) is 0.519. The maximum atomic E-state index is 14.7. The summed E-state index contributed by atoms with van der Waals surface area (Å²) in [6, 6.07) is 8.73. The zero-order valence-corrected chi connectivity index (χ0v) is 17.0. The van der Waals surface area contributed by atoms with Crippen LogP contribution in [0.1, 0.15) is 28.0 Å². The Morgan fingerprint density at radius 2 is 1.93 bits per heavy atom. The summed E-state index contributed by atoms with van der Waals surface area (Å²) in [6.07, 6.45) is 4.01. The Hall–Kier alpha value is -3.29. The predicted octanol–water partition coefficient (Wildman–Crippen LogP) is 2.77. The van der Waals surface area contributed by atoms with Gasteiger partial charge in [0.2, 0.25) is 0 Å². The molecule has 7 nitrogen and oxygen atoms in total. The molecular formula is C22H23FN6O. The first-order valence-corrected chi connectivity index (χ1v) is 10.2. The van der Waals surface area contributed by atoms with Crippen molar-refractivity contribution < 1.29 is 9.18 Å². The van der Waals surface area contributed by atoms with Gasteiger partial charge in [-0.3, -0.25) is 4.79 Å². The number of piperidine rings is 1. The molecule has 1 amide bonds. The smallest absolute Gasteiger partial charge is 0.259 e. The monoisotopic (exact) mass is 406 g/mol. The summed E-state index contributed by atoms with van der Waals surface area (Å²) in [4.78, 5) is 23.3. The van der Waals surface area contributed by atoms with E-state index in [0.29, 0.717) is 24.7 Å². The normalized spacial score (nSPS) is 20.6. The second kappa shape index (κ2) is 7.19. The van der Waals surface area contributed by atoms with Crippen molar-refractivity contribution in [1.82, 2.24) is 24.9 Å². The number of anilines is 1. The average Bonchev–Trinajstić information content (AvgIpc) is 3.22. The first kappa shape index (κ1) is 18.7. The highest BCUT2D eigenvalue weighted by Gasteiger charge is 2.46. The fourth-order valence-electron chi connectivity index (χ4n) is 4.59. The molecular weight excluding hydrogens is 383 g/mol. The van der Waals surface area contributed by atoms with Crippen molar-refractivity contribution in [1.29, 1.82) is 0 Å². The number of likely N-dealkylation sites (tertiary alicyclic amines) is 1. The number of carbonyl (C=O) groups excluding carboxylic acids is 1. The standard InChI is InChI=1S/C22H23FN6O/c1-14-10-15(2)26-20(11-14)27-9-6-16-12-28(19(16)13-27)22(30)21-17(23)4-3-5-18(21)29-24-7-8-25-29/h3-5,7-8,10-11,16,19H,6,9,12-13H2,1-2H3/t16-,19-/m1/s1. The molecule has 2 aliphatic heterocycles. The Bertz CT molecular complexity index is 1080. The van der Waals surface area contributed by atoms with Gasteiger partial charge in [-0.2, -0.15) is 15.0 Å². The van der Waals surface area contributed by atoms with E-state index >= 15 is 0 Å². The summed E-state index contributed by atoms with van der Waals surface area (Å²) in [5.41, 5.74) is 2.53. The third-order valence-electron chi connectivity index (χ3n) is 6.06. The number of fused-ring (bicyclic) bond motifs is 1. The van der Waals surface area contributed by atoms with E-state index in [1.54, 1.807) is 17.0 Å². The molecule has 1 aromatic carbocycles. The molecule has 0 unspecified atom stereocenters. The minimum atomic E-state index is -0.554. The van der Waals surface area contributed by atoms with E-state index in [2.05, 4.69) is 39.1 Å². The quantitative estimate of drug-likeness (QED) is 0.669. The maximum absolute atomic E-state index is 14.7. The fourth-order valence-corrected chi connectivity index (χ4v) is 4.59. The molecule has 0 saturated carbocycles. The zero-order chi connectivity index (χ0) is 20.8. The van der Waals surface area contributed by atoms with E-state index < -0.39 is 5.82 Å². The summed E-state index contributed by atoms with van der Waals surface area (Å²) in [6.45, 7) is 6.33. The molecule has 0 bridgehead atoms. The van der Waals surface area contributed by atoms with E-state index in [4.69, 9.17) is 0 Å². The molecule has 0 N–H and O–H groups in total. The summed E-state index contributed by atoms with van der Waals surface area (Å²) in [5, 5.41) is 8.15. The van der Waals surface area contributed by atoms with Crippen LogP contribution in [0, 0.1) is 25.6 Å². The Kier molecular flexibility index (Phi) is 4.49. The third-order valence-corrected chi connectivity index (χ3v) is 6.06. The van der Waals surface area contributed by atoms with E-state index in [-0.39, 0.29) is 17.5 Å². The molecule has 2 fully saturated rings. The SMILES string of the molecule is Cc1cc(C)nc(N2CC[C@@H]3CN(C(=O)c4c(F)cccc4-n4nccn4)[C@@H]3C2)c1. The van der Waals surface area contributed by atoms with Crippen molar-refractivity contribution in [3.63, 3.8) is 0 Å². The predicted molar refractivity (Wildman–Crippen MR) is 110 cm³/mol. The lowest BCUT2D eigenvalue weighted by atomic mass is 9.81. The molecule has 4 heterocycles. The highest BCUT2D eigenvalue weighted by atomic mass is 19.1. The van der Waals surface area contributed by atoms with Crippen LogP contribution in [-0.2, 0) is 0 Å². The molecule has 0 aliphatic carbocycles. The number of carbonyl (C=O) groups is 1. The molecule has 2 saturated heterocycles. The molecule has 5 rings (SSSR count). The Morgan fingerprint density at radius 1 is 1.13 bits per heavy atom. The van der Waals surface area contributed by atoms with Crippen LogP contribution in [0.2, 0.25) is 0 Å². The van der Waals surface area contributed by atoms with E-state index in [1.807, 2.05) is 6.92 Å². The van der Waals surface area contributed by atoms with Crippen LogP contribution < -0.4 is 4.90 Å². The minimum absolute atomic E-state index is 0.0220. The molecule has 154 valence electrons. The largest absolute Gasteiger partial charge is 0.355 e. The van der Waals surface area contributed by atoms with Crippen molar-refractivity contribution in [3.05, 3.63) is 65.4 Å². The number of hydrogen-bond donors (Lipinski definition) is 0. The molecule has 8 heteroatoms. The van der Waals surface area contributed by atoms with Gasteiger partial charge in [-0.05, 0) is 50.1 Å². The maximum Gasteiger partial charge on any atom is 0.259 e. The highest BCUT2D eigenvalue weighted by molar-refractivity contribution is 5.98. The number of pyridine rings is 1. The van der Waals surface area contributed by atoms with Gasteiger partial charge in [0.1, 0.15) is 22.9 Å². The van der Waals surface area contributed by atoms with Crippen molar-refractivity contribution >= 4 is 11.7 Å². The lowest BCUT2D eigenvalue weighted by Gasteiger charge is -2.53. The number of aromatic nitrogens is 4. The van der Waals surface area contributed by atoms with Crippen LogP contribution in [0.3, 0.4) is 0 Å². The van der Waals surface area contributed by atoms with Gasteiger partial charge in [0.25, 0.3) is 5.91 Å². The number of nitrogens with zero attached hydrogens (tertiary/aromatic N) is 6. The van der Waals surface area contributed by atoms with Crippen LogP contribution in [0.5, 0.6) is 0 Å². The van der Waals surface area contributed by atoms with Crippen LogP contribution in [0.4, 0.5) is 10.2 Å². The van der Waals surface area contributed by atoms with Gasteiger partial charge >= 0.3 is 0 Å². The van der Waals surface area contributed by atoms with Gasteiger partial charge < -0.3 is 9.80 Å². The van der Waals surface area contributed by atoms with Crippen molar-refractivity contribution in [2.24, 2.45) is 5.92 Å². The van der Waals surface area contributed by atoms with Crippen LogP contribution >= 0.6 is 0 Å². The van der Waals surface area contributed by atoms with Gasteiger partial charge in [0, 0.05) is 31.2 Å². The number of halogens is 1. The highest BCUT2D eigenvalue weighted by Crippen LogP contribution is 2.36. The van der Waals surface area contributed by atoms with Crippen molar-refractivity contribution in [2.45, 2.75) is 26.3 Å². The first-order chi connectivity index (χ1) is 14.5. The molecule has 2 aliphatic rings. The molecule has 3 aromatic rings. The Morgan fingerprint density at radius 3 is 2.70 bits per heavy atom. The Labute approximate surface area is 174 Å². The van der Waals surface area contributed by atoms with Crippen molar-refractivity contribution in [3.8, 4) is 5.69 Å². The van der Waals surface area contributed by atoms with Gasteiger partial charge in [-0.25, -0.2) is 9.37 Å². The number of amides is 1. The fraction of sp³-hybridized carbons (Fsp3) is 0.364. The van der Waals surface area contributed by atoms with Crippen LogP contribution in [-0.4, -0.2) is 56.5 Å². The summed E-state index contributed by atoms with van der Waals surface area (Å²) in [7, 11) is 0. The number of rotatable bonds is 3. The Balaban J connectivity index is 1.41. The number of aryl methyl sites for hydroxylation is 2. The third kappa shape index (κ3) is 3.12. The summed E-state index contributed by atoms with van der Waals surface area (Å²) >= 11 is 0. The zero-order valence-electron chi connectivity index (χ0n) is 17.0. The molecule has 30 heavy (non-hydrogen) atoms. The van der Waals surface area contributed by atoms with Gasteiger partial charge in [0.15, 0.2) is 0 Å². The van der Waals surface area contributed by atoms with Gasteiger partial charge in [-0.1, -0.05) is 6.07 Å². The lowest BCUT2D eigenvalue weighted by molar-refractivity contribution is 0.00740. The minimum Gasteiger partial charge on any atom is -0.355 e. The van der Waals surface area contributed by atoms with E-state index in [9.17, 15) is 9.18 Å².